The van der Waals surface area contributed by atoms with E-state index in [9.17, 15) is 0 Å². The van der Waals surface area contributed by atoms with E-state index < -0.39 is 0 Å². The van der Waals surface area contributed by atoms with Crippen LogP contribution in [0.3, 0.4) is 0 Å². The van der Waals surface area contributed by atoms with Crippen molar-refractivity contribution in [2.24, 2.45) is 7.05 Å². The molecule has 2 nitrogen and oxygen atoms in total. The first kappa shape index (κ1) is 10.8. The molecule has 0 fully saturated rings. The van der Waals surface area contributed by atoms with Gasteiger partial charge in [0, 0.05) is 18.1 Å². The third kappa shape index (κ3) is 2.13. The zero-order chi connectivity index (χ0) is 10.0. The third-order valence-electron chi connectivity index (χ3n) is 2.60. The maximum atomic E-state index is 4.42. The Kier molecular flexibility index (Phi) is 3.54. The van der Waals surface area contributed by atoms with Crippen molar-refractivity contribution in [3.8, 4) is 0 Å². The van der Waals surface area contributed by atoms with Gasteiger partial charge in [-0.2, -0.15) is 5.10 Å². The minimum atomic E-state index is 0.605. The molecule has 1 unspecified atom stereocenters. The minimum Gasteiger partial charge on any atom is -0.272 e. The lowest BCUT2D eigenvalue weighted by Crippen LogP contribution is -1.99. The van der Waals surface area contributed by atoms with Crippen LogP contribution in [-0.4, -0.2) is 15.1 Å². The highest BCUT2D eigenvalue weighted by Gasteiger charge is 2.15. The van der Waals surface area contributed by atoms with E-state index in [4.69, 9.17) is 0 Å². The lowest BCUT2D eigenvalue weighted by molar-refractivity contribution is 0.713. The molecular weight excluding hydrogens is 228 g/mol. The van der Waals surface area contributed by atoms with Crippen molar-refractivity contribution in [3.05, 3.63) is 17.0 Å². The molecule has 13 heavy (non-hydrogen) atoms. The molecule has 0 aromatic carbocycles. The minimum absolute atomic E-state index is 0.605. The first-order chi connectivity index (χ1) is 6.07. The van der Waals surface area contributed by atoms with Crippen LogP contribution in [0.25, 0.3) is 0 Å². The molecule has 0 aliphatic carbocycles. The summed E-state index contributed by atoms with van der Waals surface area (Å²) in [5, 5.41) is 5.47. The molecule has 0 spiro atoms. The van der Waals surface area contributed by atoms with E-state index in [1.807, 2.05) is 11.7 Å². The van der Waals surface area contributed by atoms with Crippen molar-refractivity contribution in [1.29, 1.82) is 0 Å². The Hall–Kier alpha value is -0.310. The standard InChI is InChI=1S/C10H17BrN2/c1-7(5-6-11)10-8(2)12-13(4)9(10)3/h7H,5-6H2,1-4H3. The van der Waals surface area contributed by atoms with Crippen LogP contribution in [0, 0.1) is 13.8 Å². The van der Waals surface area contributed by atoms with Crippen LogP contribution in [-0.2, 0) is 7.05 Å². The molecule has 0 aliphatic rings. The quantitative estimate of drug-likeness (QED) is 0.748. The fourth-order valence-electron chi connectivity index (χ4n) is 1.81. The molecule has 0 bridgehead atoms. The maximum Gasteiger partial charge on any atom is 0.0631 e. The van der Waals surface area contributed by atoms with Gasteiger partial charge in [0.1, 0.15) is 0 Å². The van der Waals surface area contributed by atoms with Crippen molar-refractivity contribution in [2.75, 3.05) is 5.33 Å². The van der Waals surface area contributed by atoms with Gasteiger partial charge in [-0.25, -0.2) is 0 Å². The number of rotatable bonds is 3. The Labute approximate surface area is 88.5 Å². The molecule has 0 saturated carbocycles. The number of hydrogen-bond acceptors (Lipinski definition) is 1. The van der Waals surface area contributed by atoms with E-state index in [1.165, 1.54) is 23.4 Å². The Bertz CT molecular complexity index is 291. The summed E-state index contributed by atoms with van der Waals surface area (Å²) in [6, 6.07) is 0. The first-order valence-corrected chi connectivity index (χ1v) is 5.76. The van der Waals surface area contributed by atoms with Gasteiger partial charge < -0.3 is 0 Å². The Balaban J connectivity index is 2.98. The van der Waals surface area contributed by atoms with Gasteiger partial charge in [-0.15, -0.1) is 0 Å². The highest BCUT2D eigenvalue weighted by Crippen LogP contribution is 2.25. The summed E-state index contributed by atoms with van der Waals surface area (Å²) >= 11 is 3.48. The van der Waals surface area contributed by atoms with Crippen LogP contribution in [0.2, 0.25) is 0 Å². The second-order valence-corrected chi connectivity index (χ2v) is 4.38. The van der Waals surface area contributed by atoms with Crippen LogP contribution in [0.1, 0.15) is 36.2 Å². The first-order valence-electron chi connectivity index (χ1n) is 4.64. The van der Waals surface area contributed by atoms with E-state index in [-0.39, 0.29) is 0 Å². The molecule has 1 aromatic heterocycles. The normalized spacial score (nSPS) is 13.3. The van der Waals surface area contributed by atoms with E-state index in [0.29, 0.717) is 5.92 Å². The molecule has 0 amide bonds. The monoisotopic (exact) mass is 244 g/mol. The van der Waals surface area contributed by atoms with Gasteiger partial charge in [0.2, 0.25) is 0 Å². The van der Waals surface area contributed by atoms with Crippen molar-refractivity contribution < 1.29 is 0 Å². The number of aromatic nitrogens is 2. The highest BCUT2D eigenvalue weighted by atomic mass is 79.9. The Morgan fingerprint density at radius 1 is 1.46 bits per heavy atom. The predicted molar refractivity (Wildman–Crippen MR) is 59.5 cm³/mol. The zero-order valence-corrected chi connectivity index (χ0v) is 10.3. The number of alkyl halides is 1. The van der Waals surface area contributed by atoms with Gasteiger partial charge >= 0.3 is 0 Å². The molecule has 0 aliphatic heterocycles. The number of nitrogens with zero attached hydrogens (tertiary/aromatic N) is 2. The van der Waals surface area contributed by atoms with Crippen LogP contribution >= 0.6 is 15.9 Å². The maximum absolute atomic E-state index is 4.42. The summed E-state index contributed by atoms with van der Waals surface area (Å²) in [4.78, 5) is 0. The summed E-state index contributed by atoms with van der Waals surface area (Å²) in [7, 11) is 2.01. The highest BCUT2D eigenvalue weighted by molar-refractivity contribution is 9.09. The Morgan fingerprint density at radius 2 is 2.08 bits per heavy atom. The zero-order valence-electron chi connectivity index (χ0n) is 8.76. The molecule has 1 heterocycles. The average Bonchev–Trinajstić information content (AvgIpc) is 2.27. The van der Waals surface area contributed by atoms with E-state index in [2.05, 4.69) is 41.8 Å². The molecule has 1 aromatic rings. The van der Waals surface area contributed by atoms with Crippen LogP contribution in [0.5, 0.6) is 0 Å². The van der Waals surface area contributed by atoms with Gasteiger partial charge in [-0.3, -0.25) is 4.68 Å². The molecule has 1 atom stereocenters. The van der Waals surface area contributed by atoms with Crippen molar-refractivity contribution in [2.45, 2.75) is 33.1 Å². The van der Waals surface area contributed by atoms with E-state index in [0.717, 1.165) is 5.33 Å². The van der Waals surface area contributed by atoms with Crippen LogP contribution in [0.15, 0.2) is 0 Å². The smallest absolute Gasteiger partial charge is 0.0631 e. The summed E-state index contributed by atoms with van der Waals surface area (Å²) in [6.07, 6.45) is 1.17. The Morgan fingerprint density at radius 3 is 2.46 bits per heavy atom. The van der Waals surface area contributed by atoms with Crippen molar-refractivity contribution in [1.82, 2.24) is 9.78 Å². The van der Waals surface area contributed by atoms with Crippen molar-refractivity contribution in [3.63, 3.8) is 0 Å². The molecular formula is C10H17BrN2. The summed E-state index contributed by atoms with van der Waals surface area (Å²) in [5.74, 6) is 0.605. The lowest BCUT2D eigenvalue weighted by Gasteiger charge is -2.09. The number of halogens is 1. The van der Waals surface area contributed by atoms with Crippen LogP contribution < -0.4 is 0 Å². The van der Waals surface area contributed by atoms with E-state index in [1.54, 1.807) is 0 Å². The van der Waals surface area contributed by atoms with Gasteiger partial charge in [0.15, 0.2) is 0 Å². The molecule has 1 rings (SSSR count). The van der Waals surface area contributed by atoms with Gasteiger partial charge in [-0.1, -0.05) is 22.9 Å². The van der Waals surface area contributed by atoms with Gasteiger partial charge in [0.05, 0.1) is 5.69 Å². The SMILES string of the molecule is Cc1nn(C)c(C)c1C(C)CCBr. The van der Waals surface area contributed by atoms with Gasteiger partial charge in [0.25, 0.3) is 0 Å². The van der Waals surface area contributed by atoms with E-state index >= 15 is 0 Å². The summed E-state index contributed by atoms with van der Waals surface area (Å²) in [6.45, 7) is 6.49. The molecule has 0 N–H and O–H groups in total. The van der Waals surface area contributed by atoms with Crippen LogP contribution in [0.4, 0.5) is 0 Å². The average molecular weight is 245 g/mol. The summed E-state index contributed by atoms with van der Waals surface area (Å²) < 4.78 is 1.97. The third-order valence-corrected chi connectivity index (χ3v) is 3.06. The fraction of sp³-hybridized carbons (Fsp3) is 0.700. The molecule has 3 heteroatoms. The second kappa shape index (κ2) is 4.27. The largest absolute Gasteiger partial charge is 0.272 e. The molecule has 74 valence electrons. The second-order valence-electron chi connectivity index (χ2n) is 3.59. The number of aryl methyl sites for hydroxylation is 2. The fourth-order valence-corrected chi connectivity index (χ4v) is 2.50. The molecule has 0 saturated heterocycles. The summed E-state index contributed by atoms with van der Waals surface area (Å²) in [5.41, 5.74) is 3.89. The lowest BCUT2D eigenvalue weighted by atomic mass is 9.97. The number of hydrogen-bond donors (Lipinski definition) is 0. The van der Waals surface area contributed by atoms with Gasteiger partial charge in [-0.05, 0) is 31.7 Å². The van der Waals surface area contributed by atoms with Crippen molar-refractivity contribution >= 4 is 15.9 Å². The topological polar surface area (TPSA) is 17.8 Å². The predicted octanol–water partition coefficient (Wildman–Crippen LogP) is 2.93. The molecule has 0 radical (unpaired) electrons.